The maximum Gasteiger partial charge on any atom is 0.339 e. The van der Waals surface area contributed by atoms with E-state index in [2.05, 4.69) is 6.07 Å². The van der Waals surface area contributed by atoms with Crippen LogP contribution < -0.4 is 4.18 Å². The van der Waals surface area contributed by atoms with Crippen LogP contribution in [0.1, 0.15) is 5.56 Å². The molecule has 0 aromatic heterocycles. The molecule has 0 aliphatic rings. The van der Waals surface area contributed by atoms with E-state index in [1.54, 1.807) is 36.4 Å². The molecule has 0 saturated carbocycles. The Balaban J connectivity index is 2.29. The molecule has 2 rings (SSSR count). The van der Waals surface area contributed by atoms with Gasteiger partial charge in [-0.05, 0) is 25.1 Å². The number of benzene rings is 2. The second-order valence-corrected chi connectivity index (χ2v) is 5.12. The van der Waals surface area contributed by atoms with Crippen molar-refractivity contribution in [1.29, 1.82) is 0 Å². The molecule has 0 heterocycles. The summed E-state index contributed by atoms with van der Waals surface area (Å²) in [5.74, 6) is 0.188. The molecule has 0 unspecified atom stereocenters. The van der Waals surface area contributed by atoms with Crippen LogP contribution in [0.15, 0.2) is 53.4 Å². The summed E-state index contributed by atoms with van der Waals surface area (Å²) in [6, 6.07) is 15.8. The fourth-order valence-corrected chi connectivity index (χ4v) is 2.21. The predicted octanol–water partition coefficient (Wildman–Crippen LogP) is 2.56. The van der Waals surface area contributed by atoms with Gasteiger partial charge in [-0.15, -0.1) is 0 Å². The zero-order valence-corrected chi connectivity index (χ0v) is 10.1. The second kappa shape index (κ2) is 4.59. The Morgan fingerprint density at radius 2 is 1.76 bits per heavy atom. The van der Waals surface area contributed by atoms with Gasteiger partial charge in [0, 0.05) is 6.07 Å². The van der Waals surface area contributed by atoms with E-state index < -0.39 is 10.1 Å². The van der Waals surface area contributed by atoms with Crippen LogP contribution in [-0.4, -0.2) is 8.42 Å². The molecular weight excluding hydrogens is 236 g/mol. The van der Waals surface area contributed by atoms with Crippen LogP contribution in [-0.2, 0) is 10.1 Å². The van der Waals surface area contributed by atoms with Crippen molar-refractivity contribution in [3.05, 3.63) is 60.2 Å². The first kappa shape index (κ1) is 11.7. The lowest BCUT2D eigenvalue weighted by Gasteiger charge is -2.06. The average Bonchev–Trinajstić information content (AvgIpc) is 2.30. The maximum atomic E-state index is 11.9. The molecule has 0 amide bonds. The Morgan fingerprint density at radius 1 is 1.06 bits per heavy atom. The normalized spacial score (nSPS) is 11.1. The molecule has 87 valence electrons. The Morgan fingerprint density at radius 3 is 2.35 bits per heavy atom. The van der Waals surface area contributed by atoms with Gasteiger partial charge in [0.15, 0.2) is 5.75 Å². The third kappa shape index (κ3) is 2.85. The van der Waals surface area contributed by atoms with Gasteiger partial charge in [0.25, 0.3) is 0 Å². The zero-order chi connectivity index (χ0) is 12.3. The third-order valence-corrected chi connectivity index (χ3v) is 3.44. The summed E-state index contributed by atoms with van der Waals surface area (Å²) >= 11 is 0. The van der Waals surface area contributed by atoms with Crippen molar-refractivity contribution < 1.29 is 12.6 Å². The highest BCUT2D eigenvalue weighted by Gasteiger charge is 2.15. The SMILES string of the molecule is Cc1ccc(S(=O)(=O)Oc2[c]cccc2)cc1. The quantitative estimate of drug-likeness (QED) is 0.783. The topological polar surface area (TPSA) is 43.4 Å². The lowest BCUT2D eigenvalue weighted by molar-refractivity contribution is 0.485. The molecule has 17 heavy (non-hydrogen) atoms. The van der Waals surface area contributed by atoms with Gasteiger partial charge in [0.1, 0.15) is 4.90 Å². The molecule has 4 heteroatoms. The van der Waals surface area contributed by atoms with Crippen molar-refractivity contribution in [3.63, 3.8) is 0 Å². The first-order valence-electron chi connectivity index (χ1n) is 5.06. The summed E-state index contributed by atoms with van der Waals surface area (Å²) in [5, 5.41) is 0. The third-order valence-electron chi connectivity index (χ3n) is 2.19. The molecule has 0 saturated heterocycles. The zero-order valence-electron chi connectivity index (χ0n) is 9.25. The van der Waals surface area contributed by atoms with Gasteiger partial charge in [0.05, 0.1) is 0 Å². The Hall–Kier alpha value is -1.81. The summed E-state index contributed by atoms with van der Waals surface area (Å²) in [7, 11) is -3.76. The first-order chi connectivity index (χ1) is 8.08. The van der Waals surface area contributed by atoms with Gasteiger partial charge in [-0.1, -0.05) is 35.9 Å². The molecule has 0 aliphatic heterocycles. The lowest BCUT2D eigenvalue weighted by Crippen LogP contribution is -2.09. The van der Waals surface area contributed by atoms with Crippen LogP contribution in [0.5, 0.6) is 5.75 Å². The van der Waals surface area contributed by atoms with Gasteiger partial charge in [0.2, 0.25) is 0 Å². The molecule has 0 fully saturated rings. The molecule has 3 nitrogen and oxygen atoms in total. The van der Waals surface area contributed by atoms with Crippen molar-refractivity contribution in [2.75, 3.05) is 0 Å². The fourth-order valence-electron chi connectivity index (χ4n) is 1.30. The minimum absolute atomic E-state index is 0.139. The first-order valence-corrected chi connectivity index (χ1v) is 6.47. The molecule has 2 aromatic rings. The van der Waals surface area contributed by atoms with Gasteiger partial charge < -0.3 is 4.18 Å². The minimum Gasteiger partial charge on any atom is -0.378 e. The van der Waals surface area contributed by atoms with Crippen LogP contribution in [0.3, 0.4) is 0 Å². The van der Waals surface area contributed by atoms with E-state index >= 15 is 0 Å². The largest absolute Gasteiger partial charge is 0.378 e. The number of hydrogen-bond donors (Lipinski definition) is 0. The van der Waals surface area contributed by atoms with E-state index in [-0.39, 0.29) is 10.6 Å². The van der Waals surface area contributed by atoms with Crippen LogP contribution in [0.4, 0.5) is 0 Å². The number of aryl methyl sites for hydroxylation is 1. The summed E-state index contributed by atoms with van der Waals surface area (Å²) in [4.78, 5) is 0.139. The van der Waals surface area contributed by atoms with Crippen molar-refractivity contribution >= 4 is 10.1 Å². The van der Waals surface area contributed by atoms with Crippen LogP contribution >= 0.6 is 0 Å². The van der Waals surface area contributed by atoms with Crippen molar-refractivity contribution in [2.24, 2.45) is 0 Å². The van der Waals surface area contributed by atoms with Crippen molar-refractivity contribution in [2.45, 2.75) is 11.8 Å². The Bertz CT molecular complexity index is 586. The Kier molecular flexibility index (Phi) is 3.15. The van der Waals surface area contributed by atoms with Gasteiger partial charge in [-0.25, -0.2) is 0 Å². The predicted molar refractivity (Wildman–Crippen MR) is 64.3 cm³/mol. The monoisotopic (exact) mass is 247 g/mol. The van der Waals surface area contributed by atoms with E-state index in [1.165, 1.54) is 12.1 Å². The Labute approximate surface area is 101 Å². The highest BCUT2D eigenvalue weighted by molar-refractivity contribution is 7.87. The molecule has 1 radical (unpaired) electrons. The van der Waals surface area contributed by atoms with Crippen molar-refractivity contribution in [1.82, 2.24) is 0 Å². The highest BCUT2D eigenvalue weighted by Crippen LogP contribution is 2.17. The number of rotatable bonds is 3. The number of para-hydroxylation sites is 1. The van der Waals surface area contributed by atoms with E-state index in [0.717, 1.165) is 5.56 Å². The maximum absolute atomic E-state index is 11.9. The molecule has 0 aliphatic carbocycles. The van der Waals surface area contributed by atoms with Crippen LogP contribution in [0, 0.1) is 13.0 Å². The molecular formula is C13H11O3S. The average molecular weight is 247 g/mol. The molecule has 2 aromatic carbocycles. The van der Waals surface area contributed by atoms with E-state index in [0.29, 0.717) is 0 Å². The van der Waals surface area contributed by atoms with Crippen molar-refractivity contribution in [3.8, 4) is 5.75 Å². The highest BCUT2D eigenvalue weighted by atomic mass is 32.2. The fraction of sp³-hybridized carbons (Fsp3) is 0.0769. The second-order valence-electron chi connectivity index (χ2n) is 3.58. The molecule has 0 bridgehead atoms. The van der Waals surface area contributed by atoms with E-state index in [1.807, 2.05) is 6.92 Å². The lowest BCUT2D eigenvalue weighted by atomic mass is 10.2. The standard InChI is InChI=1S/C13H11O3S/c1-11-7-9-13(10-8-11)17(14,15)16-12-5-3-2-4-6-12/h2-5,7-10H,1H3. The minimum atomic E-state index is -3.76. The van der Waals surface area contributed by atoms with E-state index in [4.69, 9.17) is 4.18 Å². The summed E-state index contributed by atoms with van der Waals surface area (Å²) in [5.41, 5.74) is 0.996. The summed E-state index contributed by atoms with van der Waals surface area (Å²) < 4.78 is 28.7. The molecule has 0 atom stereocenters. The molecule has 0 spiro atoms. The summed E-state index contributed by atoms with van der Waals surface area (Å²) in [6.45, 7) is 1.89. The van der Waals surface area contributed by atoms with Gasteiger partial charge >= 0.3 is 10.1 Å². The van der Waals surface area contributed by atoms with Gasteiger partial charge in [-0.3, -0.25) is 0 Å². The van der Waals surface area contributed by atoms with Crippen LogP contribution in [0.2, 0.25) is 0 Å². The number of hydrogen-bond acceptors (Lipinski definition) is 3. The van der Waals surface area contributed by atoms with E-state index in [9.17, 15) is 8.42 Å². The molecule has 0 N–H and O–H groups in total. The summed E-state index contributed by atoms with van der Waals surface area (Å²) in [6.07, 6.45) is 0. The van der Waals surface area contributed by atoms with Crippen LogP contribution in [0.25, 0.3) is 0 Å². The smallest absolute Gasteiger partial charge is 0.339 e. The van der Waals surface area contributed by atoms with Gasteiger partial charge in [-0.2, -0.15) is 8.42 Å².